The maximum atomic E-state index is 13.4. The highest BCUT2D eigenvalue weighted by Crippen LogP contribution is 2.15. The van der Waals surface area contributed by atoms with E-state index < -0.39 is 0 Å². The van der Waals surface area contributed by atoms with Gasteiger partial charge in [-0.15, -0.1) is 0 Å². The largest absolute Gasteiger partial charge is 0.312 e. The van der Waals surface area contributed by atoms with Crippen LogP contribution < -0.4 is 5.32 Å². The molecule has 0 radical (unpaired) electrons. The molecule has 0 spiro atoms. The molecule has 0 saturated carbocycles. The summed E-state index contributed by atoms with van der Waals surface area (Å²) in [4.78, 5) is 2.47. The molecule has 0 aromatic heterocycles. The van der Waals surface area contributed by atoms with Crippen LogP contribution in [0.25, 0.3) is 0 Å². The first-order valence-corrected chi connectivity index (χ1v) is 6.46. The van der Waals surface area contributed by atoms with Gasteiger partial charge in [-0.2, -0.15) is 0 Å². The first kappa shape index (κ1) is 12.5. The van der Waals surface area contributed by atoms with Gasteiger partial charge >= 0.3 is 0 Å². The van der Waals surface area contributed by atoms with Crippen LogP contribution in [0.1, 0.15) is 18.9 Å². The molecule has 0 amide bonds. The van der Waals surface area contributed by atoms with Crippen molar-refractivity contribution in [3.63, 3.8) is 0 Å². The average Bonchev–Trinajstić information content (AvgIpc) is 2.80. The zero-order valence-electron chi connectivity index (χ0n) is 10.5. The molecule has 1 saturated heterocycles. The fourth-order valence-corrected chi connectivity index (χ4v) is 2.42. The third-order valence-electron chi connectivity index (χ3n) is 3.52. The Labute approximate surface area is 103 Å². The van der Waals surface area contributed by atoms with E-state index in [1.807, 2.05) is 12.1 Å². The summed E-state index contributed by atoms with van der Waals surface area (Å²) in [6, 6.07) is 6.98. The number of halogens is 1. The zero-order chi connectivity index (χ0) is 12.1. The van der Waals surface area contributed by atoms with Crippen molar-refractivity contribution in [2.45, 2.75) is 19.9 Å². The fraction of sp³-hybridized carbons (Fsp3) is 0.571. The first-order valence-electron chi connectivity index (χ1n) is 6.46. The predicted octanol–water partition coefficient (Wildman–Crippen LogP) is 2.26. The van der Waals surface area contributed by atoms with Crippen LogP contribution >= 0.6 is 0 Å². The second-order valence-electron chi connectivity index (χ2n) is 4.77. The molecule has 1 atom stereocenters. The molecule has 2 nitrogen and oxygen atoms in total. The molecule has 17 heavy (non-hydrogen) atoms. The summed E-state index contributed by atoms with van der Waals surface area (Å²) in [5.74, 6) is 0.614. The normalized spacial score (nSPS) is 20.9. The highest BCUT2D eigenvalue weighted by Gasteiger charge is 2.20. The SMILES string of the molecule is CCN1CC[C@H](CNCc2ccccc2F)C1. The lowest BCUT2D eigenvalue weighted by molar-refractivity contribution is 0.338. The molecule has 1 N–H and O–H groups in total. The molecule has 3 heteroatoms. The second kappa shape index (κ2) is 6.12. The summed E-state index contributed by atoms with van der Waals surface area (Å²) >= 11 is 0. The third-order valence-corrected chi connectivity index (χ3v) is 3.52. The Bertz CT molecular complexity index is 354. The molecule has 2 rings (SSSR count). The molecule has 0 unspecified atom stereocenters. The summed E-state index contributed by atoms with van der Waals surface area (Å²) < 4.78 is 13.4. The third kappa shape index (κ3) is 3.51. The summed E-state index contributed by atoms with van der Waals surface area (Å²) in [6.07, 6.45) is 1.26. The van der Waals surface area contributed by atoms with Crippen molar-refractivity contribution >= 4 is 0 Å². The Kier molecular flexibility index (Phi) is 4.51. The van der Waals surface area contributed by atoms with E-state index in [0.717, 1.165) is 24.6 Å². The quantitative estimate of drug-likeness (QED) is 0.843. The molecule has 1 aromatic rings. The van der Waals surface area contributed by atoms with Gasteiger partial charge in [0.25, 0.3) is 0 Å². The van der Waals surface area contributed by atoms with Crippen LogP contribution in [-0.2, 0) is 6.54 Å². The van der Waals surface area contributed by atoms with Crippen LogP contribution in [0, 0.1) is 11.7 Å². The molecule has 0 aliphatic carbocycles. The Morgan fingerprint density at radius 3 is 2.94 bits per heavy atom. The number of rotatable bonds is 5. The van der Waals surface area contributed by atoms with Crippen LogP contribution in [0.5, 0.6) is 0 Å². The predicted molar refractivity (Wildman–Crippen MR) is 68.3 cm³/mol. The van der Waals surface area contributed by atoms with Gasteiger partial charge in [0, 0.05) is 18.7 Å². The van der Waals surface area contributed by atoms with Crippen molar-refractivity contribution in [1.82, 2.24) is 10.2 Å². The van der Waals surface area contributed by atoms with Gasteiger partial charge in [0.2, 0.25) is 0 Å². The van der Waals surface area contributed by atoms with Crippen LogP contribution in [-0.4, -0.2) is 31.1 Å². The van der Waals surface area contributed by atoms with Gasteiger partial charge in [0.1, 0.15) is 5.82 Å². The molecular formula is C14H21FN2. The topological polar surface area (TPSA) is 15.3 Å². The molecule has 1 fully saturated rings. The van der Waals surface area contributed by atoms with E-state index in [2.05, 4.69) is 17.1 Å². The number of hydrogen-bond acceptors (Lipinski definition) is 2. The van der Waals surface area contributed by atoms with Gasteiger partial charge in [0.15, 0.2) is 0 Å². The van der Waals surface area contributed by atoms with Crippen molar-refractivity contribution in [2.24, 2.45) is 5.92 Å². The summed E-state index contributed by atoms with van der Waals surface area (Å²) in [7, 11) is 0. The highest BCUT2D eigenvalue weighted by molar-refractivity contribution is 5.16. The lowest BCUT2D eigenvalue weighted by Gasteiger charge is -2.13. The maximum Gasteiger partial charge on any atom is 0.127 e. The summed E-state index contributed by atoms with van der Waals surface area (Å²) in [5, 5.41) is 3.36. The van der Waals surface area contributed by atoms with E-state index in [1.54, 1.807) is 6.07 Å². The van der Waals surface area contributed by atoms with Gasteiger partial charge < -0.3 is 10.2 Å². The van der Waals surface area contributed by atoms with Gasteiger partial charge in [-0.3, -0.25) is 0 Å². The standard InChI is InChI=1S/C14H21FN2/c1-2-17-8-7-12(11-17)9-16-10-13-5-3-4-6-14(13)15/h3-6,12,16H,2,7-11H2,1H3/t12-/m1/s1. The van der Waals surface area contributed by atoms with Gasteiger partial charge in [-0.25, -0.2) is 4.39 Å². The average molecular weight is 236 g/mol. The molecule has 1 aliphatic heterocycles. The maximum absolute atomic E-state index is 13.4. The van der Waals surface area contributed by atoms with Crippen LogP contribution in [0.15, 0.2) is 24.3 Å². The summed E-state index contributed by atoms with van der Waals surface area (Å²) in [6.45, 7) is 7.36. The van der Waals surface area contributed by atoms with Crippen molar-refractivity contribution < 1.29 is 4.39 Å². The Hall–Kier alpha value is -0.930. The van der Waals surface area contributed by atoms with Crippen LogP contribution in [0.2, 0.25) is 0 Å². The molecule has 1 aliphatic rings. The molecular weight excluding hydrogens is 215 g/mol. The number of benzene rings is 1. The van der Waals surface area contributed by atoms with E-state index in [-0.39, 0.29) is 5.82 Å². The lowest BCUT2D eigenvalue weighted by Crippen LogP contribution is -2.26. The number of nitrogens with zero attached hydrogens (tertiary/aromatic N) is 1. The highest BCUT2D eigenvalue weighted by atomic mass is 19.1. The fourth-order valence-electron chi connectivity index (χ4n) is 2.42. The smallest absolute Gasteiger partial charge is 0.127 e. The Morgan fingerprint density at radius 1 is 1.41 bits per heavy atom. The molecule has 94 valence electrons. The van der Waals surface area contributed by atoms with E-state index in [9.17, 15) is 4.39 Å². The zero-order valence-corrected chi connectivity index (χ0v) is 10.5. The molecule has 1 heterocycles. The van der Waals surface area contributed by atoms with Crippen molar-refractivity contribution in [3.05, 3.63) is 35.6 Å². The van der Waals surface area contributed by atoms with Crippen molar-refractivity contribution in [3.8, 4) is 0 Å². The Balaban J connectivity index is 1.72. The van der Waals surface area contributed by atoms with E-state index >= 15 is 0 Å². The molecule has 0 bridgehead atoms. The Morgan fingerprint density at radius 2 is 2.24 bits per heavy atom. The van der Waals surface area contributed by atoms with E-state index in [1.165, 1.54) is 25.6 Å². The van der Waals surface area contributed by atoms with Crippen LogP contribution in [0.3, 0.4) is 0 Å². The van der Waals surface area contributed by atoms with E-state index in [4.69, 9.17) is 0 Å². The first-order chi connectivity index (χ1) is 8.29. The van der Waals surface area contributed by atoms with Crippen LogP contribution in [0.4, 0.5) is 4.39 Å². The monoisotopic (exact) mass is 236 g/mol. The summed E-state index contributed by atoms with van der Waals surface area (Å²) in [5.41, 5.74) is 0.762. The number of hydrogen-bond donors (Lipinski definition) is 1. The number of nitrogens with one attached hydrogen (secondary N) is 1. The van der Waals surface area contributed by atoms with Gasteiger partial charge in [0.05, 0.1) is 0 Å². The van der Waals surface area contributed by atoms with Crippen molar-refractivity contribution in [1.29, 1.82) is 0 Å². The second-order valence-corrected chi connectivity index (χ2v) is 4.77. The van der Waals surface area contributed by atoms with Gasteiger partial charge in [-0.1, -0.05) is 25.1 Å². The lowest BCUT2D eigenvalue weighted by atomic mass is 10.1. The van der Waals surface area contributed by atoms with Gasteiger partial charge in [-0.05, 0) is 38.0 Å². The minimum atomic E-state index is -0.110. The van der Waals surface area contributed by atoms with E-state index in [0.29, 0.717) is 6.54 Å². The molecule has 1 aromatic carbocycles. The minimum Gasteiger partial charge on any atom is -0.312 e. The minimum absolute atomic E-state index is 0.110. The van der Waals surface area contributed by atoms with Crippen molar-refractivity contribution in [2.75, 3.05) is 26.2 Å². The number of likely N-dealkylation sites (tertiary alicyclic amines) is 1.